The monoisotopic (exact) mass is 377 g/mol. The molecule has 2 amide bonds. The number of nitrogens with zero attached hydrogens (tertiary/aromatic N) is 2. The molecule has 0 saturated carbocycles. The van der Waals surface area contributed by atoms with Gasteiger partial charge in [-0.15, -0.1) is 0 Å². The average molecular weight is 378 g/mol. The summed E-state index contributed by atoms with van der Waals surface area (Å²) in [6.45, 7) is 1.05. The largest absolute Gasteiger partial charge is 0.339 e. The highest BCUT2D eigenvalue weighted by Gasteiger charge is 2.28. The number of rotatable bonds is 3. The van der Waals surface area contributed by atoms with Crippen molar-refractivity contribution in [3.8, 4) is 0 Å². The number of carbonyl (C=O) groups excluding carboxylic acids is 2. The van der Waals surface area contributed by atoms with E-state index in [1.54, 1.807) is 41.3 Å². The average Bonchev–Trinajstić information content (AvgIpc) is 2.63. The maximum absolute atomic E-state index is 12.5. The molecule has 0 aliphatic carbocycles. The van der Waals surface area contributed by atoms with E-state index in [9.17, 15) is 9.59 Å². The third-order valence-electron chi connectivity index (χ3n) is 4.24. The van der Waals surface area contributed by atoms with Gasteiger partial charge in [0, 0.05) is 25.2 Å². The summed E-state index contributed by atoms with van der Waals surface area (Å²) in [5, 5.41) is 3.75. The van der Waals surface area contributed by atoms with Crippen molar-refractivity contribution in [1.29, 1.82) is 0 Å². The smallest absolute Gasteiger partial charge is 0.255 e. The van der Waals surface area contributed by atoms with Crippen molar-refractivity contribution in [2.75, 3.05) is 18.4 Å². The minimum atomic E-state index is -0.146. The zero-order valence-corrected chi connectivity index (χ0v) is 14.9. The predicted molar refractivity (Wildman–Crippen MR) is 98.0 cm³/mol. The molecular weight excluding hydrogens is 361 g/mol. The summed E-state index contributed by atoms with van der Waals surface area (Å²) in [5.41, 5.74) is 0.498. The van der Waals surface area contributed by atoms with Crippen LogP contribution < -0.4 is 5.32 Å². The standard InChI is InChI=1S/C18H17Cl2N3O2/c19-13-5-6-16(21-11-13)22-17(24)12-7-9-23(10-8-12)18(25)14-3-1-2-4-15(14)20/h1-6,11-12H,7-10H2,(H,21,22,24). The van der Waals surface area contributed by atoms with Gasteiger partial charge in [-0.1, -0.05) is 35.3 Å². The van der Waals surface area contributed by atoms with Gasteiger partial charge in [0.15, 0.2) is 0 Å². The summed E-state index contributed by atoms with van der Waals surface area (Å²) in [5.74, 6) is 0.153. The van der Waals surface area contributed by atoms with Crippen LogP contribution in [0.4, 0.5) is 5.82 Å². The lowest BCUT2D eigenvalue weighted by molar-refractivity contribution is -0.121. The van der Waals surface area contributed by atoms with E-state index in [1.807, 2.05) is 0 Å². The highest BCUT2D eigenvalue weighted by Crippen LogP contribution is 2.23. The van der Waals surface area contributed by atoms with Gasteiger partial charge in [-0.3, -0.25) is 9.59 Å². The second kappa shape index (κ2) is 7.85. The molecule has 2 heterocycles. The van der Waals surface area contributed by atoms with Gasteiger partial charge in [-0.05, 0) is 37.1 Å². The van der Waals surface area contributed by atoms with Crippen LogP contribution in [0, 0.1) is 5.92 Å². The van der Waals surface area contributed by atoms with Crippen molar-refractivity contribution in [1.82, 2.24) is 9.88 Å². The Balaban J connectivity index is 1.56. The summed E-state index contributed by atoms with van der Waals surface area (Å²) < 4.78 is 0. The van der Waals surface area contributed by atoms with Crippen molar-refractivity contribution >= 4 is 40.8 Å². The third-order valence-corrected chi connectivity index (χ3v) is 4.79. The van der Waals surface area contributed by atoms with E-state index >= 15 is 0 Å². The second-order valence-electron chi connectivity index (χ2n) is 5.90. The molecule has 1 aromatic heterocycles. The molecule has 0 radical (unpaired) electrons. The lowest BCUT2D eigenvalue weighted by atomic mass is 9.95. The number of carbonyl (C=O) groups is 2. The van der Waals surface area contributed by atoms with Crippen LogP contribution in [0.5, 0.6) is 0 Å². The Hall–Kier alpha value is -2.11. The number of pyridine rings is 1. The van der Waals surface area contributed by atoms with Gasteiger partial charge in [0.05, 0.1) is 15.6 Å². The van der Waals surface area contributed by atoms with E-state index in [1.165, 1.54) is 6.20 Å². The fourth-order valence-electron chi connectivity index (χ4n) is 2.83. The van der Waals surface area contributed by atoms with Crippen LogP contribution in [-0.4, -0.2) is 34.8 Å². The maximum Gasteiger partial charge on any atom is 0.255 e. The predicted octanol–water partition coefficient (Wildman–Crippen LogP) is 3.88. The molecular formula is C18H17Cl2N3O2. The Morgan fingerprint density at radius 3 is 2.44 bits per heavy atom. The summed E-state index contributed by atoms with van der Waals surface area (Å²) in [4.78, 5) is 30.7. The number of piperidine rings is 1. The topological polar surface area (TPSA) is 62.3 Å². The Morgan fingerprint density at radius 1 is 1.08 bits per heavy atom. The Labute approximate surface area is 155 Å². The van der Waals surface area contributed by atoms with Crippen molar-refractivity contribution in [3.05, 3.63) is 58.2 Å². The first-order valence-corrected chi connectivity index (χ1v) is 8.76. The second-order valence-corrected chi connectivity index (χ2v) is 6.74. The molecule has 7 heteroatoms. The molecule has 5 nitrogen and oxygen atoms in total. The normalized spacial score (nSPS) is 15.0. The zero-order valence-electron chi connectivity index (χ0n) is 13.4. The van der Waals surface area contributed by atoms with Crippen LogP contribution in [0.25, 0.3) is 0 Å². The lowest BCUT2D eigenvalue weighted by Crippen LogP contribution is -2.41. The van der Waals surface area contributed by atoms with E-state index in [-0.39, 0.29) is 17.7 Å². The van der Waals surface area contributed by atoms with Crippen LogP contribution in [0.2, 0.25) is 10.0 Å². The van der Waals surface area contributed by atoms with E-state index in [0.717, 1.165) is 0 Å². The van der Waals surface area contributed by atoms with Gasteiger partial charge >= 0.3 is 0 Å². The molecule has 1 aliphatic rings. The molecule has 0 unspecified atom stereocenters. The van der Waals surface area contributed by atoms with Gasteiger partial charge in [0.2, 0.25) is 5.91 Å². The number of amides is 2. The molecule has 1 saturated heterocycles. The molecule has 0 spiro atoms. The van der Waals surface area contributed by atoms with E-state index in [4.69, 9.17) is 23.2 Å². The fraction of sp³-hybridized carbons (Fsp3) is 0.278. The molecule has 1 aliphatic heterocycles. The van der Waals surface area contributed by atoms with Crippen LogP contribution in [-0.2, 0) is 4.79 Å². The number of aromatic nitrogens is 1. The van der Waals surface area contributed by atoms with Gasteiger partial charge in [-0.2, -0.15) is 0 Å². The lowest BCUT2D eigenvalue weighted by Gasteiger charge is -2.31. The molecule has 25 heavy (non-hydrogen) atoms. The summed E-state index contributed by atoms with van der Waals surface area (Å²) in [6, 6.07) is 10.3. The van der Waals surface area contributed by atoms with Gasteiger partial charge in [0.25, 0.3) is 5.91 Å². The Morgan fingerprint density at radius 2 is 1.80 bits per heavy atom. The maximum atomic E-state index is 12.5. The third kappa shape index (κ3) is 4.30. The van der Waals surface area contributed by atoms with E-state index < -0.39 is 0 Å². The Bertz CT molecular complexity index is 772. The fourth-order valence-corrected chi connectivity index (χ4v) is 3.16. The first kappa shape index (κ1) is 17.7. The highest BCUT2D eigenvalue weighted by molar-refractivity contribution is 6.33. The van der Waals surface area contributed by atoms with Crippen LogP contribution >= 0.6 is 23.2 Å². The van der Waals surface area contributed by atoms with E-state index in [0.29, 0.717) is 47.4 Å². The first-order valence-electron chi connectivity index (χ1n) is 8.01. The number of anilines is 1. The molecule has 130 valence electrons. The summed E-state index contributed by atoms with van der Waals surface area (Å²) in [6.07, 6.45) is 2.70. The Kier molecular flexibility index (Phi) is 5.56. The number of hydrogen-bond acceptors (Lipinski definition) is 3. The van der Waals surface area contributed by atoms with Gasteiger partial charge in [0.1, 0.15) is 5.82 Å². The SMILES string of the molecule is O=C(Nc1ccc(Cl)cn1)C1CCN(C(=O)c2ccccc2Cl)CC1. The van der Waals surface area contributed by atoms with Crippen LogP contribution in [0.3, 0.4) is 0 Å². The molecule has 1 fully saturated rings. The van der Waals surface area contributed by atoms with Crippen LogP contribution in [0.1, 0.15) is 23.2 Å². The minimum absolute atomic E-state index is 0.0836. The summed E-state index contributed by atoms with van der Waals surface area (Å²) >= 11 is 11.9. The molecule has 2 aromatic rings. The van der Waals surface area contributed by atoms with Gasteiger partial charge in [-0.25, -0.2) is 4.98 Å². The number of likely N-dealkylation sites (tertiary alicyclic amines) is 1. The number of nitrogens with one attached hydrogen (secondary N) is 1. The minimum Gasteiger partial charge on any atom is -0.339 e. The molecule has 3 rings (SSSR count). The van der Waals surface area contributed by atoms with E-state index in [2.05, 4.69) is 10.3 Å². The summed E-state index contributed by atoms with van der Waals surface area (Å²) in [7, 11) is 0. The molecule has 0 atom stereocenters. The highest BCUT2D eigenvalue weighted by atomic mass is 35.5. The van der Waals surface area contributed by atoms with Crippen molar-refractivity contribution < 1.29 is 9.59 Å². The van der Waals surface area contributed by atoms with Crippen molar-refractivity contribution in [2.45, 2.75) is 12.8 Å². The van der Waals surface area contributed by atoms with Gasteiger partial charge < -0.3 is 10.2 Å². The van der Waals surface area contributed by atoms with Crippen molar-refractivity contribution in [3.63, 3.8) is 0 Å². The number of benzene rings is 1. The molecule has 1 N–H and O–H groups in total. The molecule has 1 aromatic carbocycles. The molecule has 0 bridgehead atoms. The quantitative estimate of drug-likeness (QED) is 0.882. The number of halogens is 2. The van der Waals surface area contributed by atoms with Crippen molar-refractivity contribution in [2.24, 2.45) is 5.92 Å². The first-order chi connectivity index (χ1) is 12.0. The zero-order chi connectivity index (χ0) is 17.8. The van der Waals surface area contributed by atoms with Crippen LogP contribution in [0.15, 0.2) is 42.6 Å². The number of hydrogen-bond donors (Lipinski definition) is 1.